The normalized spacial score (nSPS) is 17.3. The van der Waals surface area contributed by atoms with Crippen molar-refractivity contribution in [2.24, 2.45) is 5.92 Å². The summed E-state index contributed by atoms with van der Waals surface area (Å²) in [5.74, 6) is -0.0657. The number of hydrogen-bond acceptors (Lipinski definition) is 6. The lowest BCUT2D eigenvalue weighted by Gasteiger charge is -2.32. The van der Waals surface area contributed by atoms with Crippen molar-refractivity contribution < 1.29 is 14.3 Å². The minimum atomic E-state index is -0.148. The lowest BCUT2D eigenvalue weighted by molar-refractivity contribution is -0.151. The summed E-state index contributed by atoms with van der Waals surface area (Å²) >= 11 is 3.08. The summed E-state index contributed by atoms with van der Waals surface area (Å²) in [7, 11) is 0. The highest BCUT2D eigenvalue weighted by molar-refractivity contribution is 8.02. The van der Waals surface area contributed by atoms with Crippen LogP contribution in [-0.2, 0) is 14.3 Å². The number of carbonyl (C=O) groups excluding carboxylic acids is 2. The average Bonchev–Trinajstić information content (AvgIpc) is 2.92. The number of likely N-dealkylation sites (tertiary alicyclic amines) is 1. The van der Waals surface area contributed by atoms with E-state index < -0.39 is 0 Å². The van der Waals surface area contributed by atoms with Crippen LogP contribution in [0.2, 0.25) is 0 Å². The van der Waals surface area contributed by atoms with E-state index in [4.69, 9.17) is 4.74 Å². The van der Waals surface area contributed by atoms with E-state index in [1.54, 1.807) is 11.3 Å². The average molecular weight is 342 g/mol. The first kappa shape index (κ1) is 17.3. The molecule has 1 unspecified atom stereocenters. The summed E-state index contributed by atoms with van der Waals surface area (Å²) in [5.41, 5.74) is 0.988. The third kappa shape index (κ3) is 4.46. The van der Waals surface area contributed by atoms with Gasteiger partial charge >= 0.3 is 5.97 Å². The molecule has 0 bridgehead atoms. The zero-order chi connectivity index (χ0) is 16.1. The molecule has 0 aliphatic carbocycles. The van der Waals surface area contributed by atoms with Crippen molar-refractivity contribution in [2.75, 3.05) is 19.7 Å². The van der Waals surface area contributed by atoms with Crippen molar-refractivity contribution in [3.05, 3.63) is 11.1 Å². The third-order valence-corrected chi connectivity index (χ3v) is 5.83. The van der Waals surface area contributed by atoms with Crippen molar-refractivity contribution in [1.82, 2.24) is 9.88 Å². The fraction of sp³-hybridized carbons (Fsp3) is 0.667. The molecule has 5 nitrogen and oxygen atoms in total. The molecular weight excluding hydrogens is 320 g/mol. The second-order valence-corrected chi connectivity index (χ2v) is 7.81. The van der Waals surface area contributed by atoms with Crippen LogP contribution < -0.4 is 0 Å². The molecule has 1 amide bonds. The molecule has 1 saturated heterocycles. The topological polar surface area (TPSA) is 59.5 Å². The first-order valence-corrected chi connectivity index (χ1v) is 9.31. The summed E-state index contributed by atoms with van der Waals surface area (Å²) in [6.07, 6.45) is 1.39. The van der Waals surface area contributed by atoms with Crippen LogP contribution in [-0.4, -0.2) is 46.7 Å². The highest BCUT2D eigenvalue weighted by atomic mass is 32.2. The van der Waals surface area contributed by atoms with Gasteiger partial charge in [-0.3, -0.25) is 9.59 Å². The van der Waals surface area contributed by atoms with E-state index in [0.717, 1.165) is 10.0 Å². The Hall–Kier alpha value is -1.08. The second-order valence-electron chi connectivity index (χ2n) is 5.37. The maximum absolute atomic E-state index is 12.5. The van der Waals surface area contributed by atoms with Gasteiger partial charge in [0.15, 0.2) is 4.34 Å². The van der Waals surface area contributed by atoms with E-state index >= 15 is 0 Å². The van der Waals surface area contributed by atoms with Crippen LogP contribution in [0, 0.1) is 12.8 Å². The van der Waals surface area contributed by atoms with Crippen molar-refractivity contribution in [3.63, 3.8) is 0 Å². The minimum Gasteiger partial charge on any atom is -0.466 e. The smallest absolute Gasteiger partial charge is 0.309 e. The largest absolute Gasteiger partial charge is 0.466 e. The number of aromatic nitrogens is 1. The van der Waals surface area contributed by atoms with Crippen molar-refractivity contribution in [1.29, 1.82) is 0 Å². The van der Waals surface area contributed by atoms with Crippen LogP contribution in [0.15, 0.2) is 9.72 Å². The number of carbonyl (C=O) groups is 2. The fourth-order valence-corrected chi connectivity index (χ4v) is 4.51. The van der Waals surface area contributed by atoms with E-state index in [2.05, 4.69) is 4.98 Å². The van der Waals surface area contributed by atoms with E-state index in [1.165, 1.54) is 11.8 Å². The number of thioether (sulfide) groups is 1. The maximum Gasteiger partial charge on any atom is 0.309 e. The number of rotatable bonds is 5. The van der Waals surface area contributed by atoms with Crippen LogP contribution in [0.4, 0.5) is 0 Å². The van der Waals surface area contributed by atoms with E-state index in [1.807, 2.05) is 31.1 Å². The summed E-state index contributed by atoms with van der Waals surface area (Å²) in [5, 5.41) is 1.84. The van der Waals surface area contributed by atoms with Crippen molar-refractivity contribution >= 4 is 35.0 Å². The molecule has 7 heteroatoms. The quantitative estimate of drug-likeness (QED) is 0.608. The number of piperidine rings is 1. The molecule has 22 heavy (non-hydrogen) atoms. The molecule has 2 rings (SSSR count). The number of thiazole rings is 1. The SMILES string of the molecule is CCOC(=O)C1CCN(C(=O)C(C)Sc2nc(C)cs2)CC1. The molecule has 1 aliphatic rings. The van der Waals surface area contributed by atoms with Gasteiger partial charge in [-0.25, -0.2) is 4.98 Å². The van der Waals surface area contributed by atoms with Gasteiger partial charge in [-0.1, -0.05) is 11.8 Å². The van der Waals surface area contributed by atoms with Crippen LogP contribution in [0.5, 0.6) is 0 Å². The Morgan fingerprint density at radius 2 is 2.18 bits per heavy atom. The maximum atomic E-state index is 12.5. The number of nitrogens with zero attached hydrogens (tertiary/aromatic N) is 2. The molecule has 0 aromatic carbocycles. The molecule has 0 N–H and O–H groups in total. The predicted octanol–water partition coefficient (Wildman–Crippen LogP) is 2.73. The zero-order valence-corrected chi connectivity index (χ0v) is 14.8. The van der Waals surface area contributed by atoms with Gasteiger partial charge in [0, 0.05) is 24.2 Å². The van der Waals surface area contributed by atoms with Crippen molar-refractivity contribution in [3.8, 4) is 0 Å². The highest BCUT2D eigenvalue weighted by Gasteiger charge is 2.30. The van der Waals surface area contributed by atoms with E-state index in [9.17, 15) is 9.59 Å². The van der Waals surface area contributed by atoms with Gasteiger partial charge in [0.1, 0.15) is 0 Å². The Morgan fingerprint density at radius 3 is 2.73 bits per heavy atom. The molecule has 1 atom stereocenters. The minimum absolute atomic E-state index is 0.0615. The first-order valence-electron chi connectivity index (χ1n) is 7.55. The predicted molar refractivity (Wildman–Crippen MR) is 88.1 cm³/mol. The fourth-order valence-electron chi connectivity index (χ4n) is 2.44. The molecule has 122 valence electrons. The van der Waals surface area contributed by atoms with Gasteiger partial charge in [0.2, 0.25) is 5.91 Å². The number of amides is 1. The van der Waals surface area contributed by atoms with Gasteiger partial charge in [-0.05, 0) is 33.6 Å². The molecule has 0 spiro atoms. The van der Waals surface area contributed by atoms with Crippen LogP contribution in [0.1, 0.15) is 32.4 Å². The number of hydrogen-bond donors (Lipinski definition) is 0. The van der Waals surface area contributed by atoms with Crippen LogP contribution in [0.3, 0.4) is 0 Å². The summed E-state index contributed by atoms with van der Waals surface area (Å²) in [4.78, 5) is 30.4. The second kappa shape index (κ2) is 7.97. The lowest BCUT2D eigenvalue weighted by Crippen LogP contribution is -2.43. The summed E-state index contributed by atoms with van der Waals surface area (Å²) in [6, 6.07) is 0. The van der Waals surface area contributed by atoms with Crippen molar-refractivity contribution in [2.45, 2.75) is 43.2 Å². The van der Waals surface area contributed by atoms with Gasteiger partial charge in [-0.15, -0.1) is 11.3 Å². The molecule has 1 fully saturated rings. The Morgan fingerprint density at radius 1 is 1.50 bits per heavy atom. The van der Waals surface area contributed by atoms with E-state index in [0.29, 0.717) is 32.5 Å². The highest BCUT2D eigenvalue weighted by Crippen LogP contribution is 2.28. The monoisotopic (exact) mass is 342 g/mol. The summed E-state index contributed by atoms with van der Waals surface area (Å²) < 4.78 is 5.98. The zero-order valence-electron chi connectivity index (χ0n) is 13.2. The standard InChI is InChI=1S/C15H22N2O3S2/c1-4-20-14(19)12-5-7-17(8-6-12)13(18)11(3)22-15-16-10(2)9-21-15/h9,11-12H,4-8H2,1-3H3. The van der Waals surface area contributed by atoms with Gasteiger partial charge < -0.3 is 9.64 Å². The lowest BCUT2D eigenvalue weighted by atomic mass is 9.97. The Balaban J connectivity index is 1.82. The van der Waals surface area contributed by atoms with Gasteiger partial charge in [-0.2, -0.15) is 0 Å². The molecule has 2 heterocycles. The number of esters is 1. The molecule has 0 saturated carbocycles. The molecule has 1 aliphatic heterocycles. The van der Waals surface area contributed by atoms with Crippen LogP contribution >= 0.6 is 23.1 Å². The van der Waals surface area contributed by atoms with Gasteiger partial charge in [0.05, 0.1) is 17.8 Å². The first-order chi connectivity index (χ1) is 10.5. The Bertz CT molecular complexity index is 525. The molecule has 1 aromatic heterocycles. The number of ether oxygens (including phenoxy) is 1. The third-order valence-electron chi connectivity index (χ3n) is 3.65. The van der Waals surface area contributed by atoms with E-state index in [-0.39, 0.29) is 23.0 Å². The molecule has 1 aromatic rings. The van der Waals surface area contributed by atoms with Gasteiger partial charge in [0.25, 0.3) is 0 Å². The molecule has 0 radical (unpaired) electrons. The Kier molecular flexibility index (Phi) is 6.26. The Labute approximate surface area is 139 Å². The molecular formula is C15H22N2O3S2. The summed E-state index contributed by atoms with van der Waals surface area (Å²) in [6.45, 7) is 7.36. The van der Waals surface area contributed by atoms with Crippen LogP contribution in [0.25, 0.3) is 0 Å². The number of aryl methyl sites for hydroxylation is 1.